The average molecular weight is 352 g/mol. The number of hydrogen-bond donors (Lipinski definition) is 3. The second-order valence-corrected chi connectivity index (χ2v) is 5.81. The summed E-state index contributed by atoms with van der Waals surface area (Å²) in [5.41, 5.74) is 2.06. The van der Waals surface area contributed by atoms with Gasteiger partial charge in [0.15, 0.2) is 5.76 Å². The maximum Gasteiger partial charge on any atom is 0.286 e. The lowest BCUT2D eigenvalue weighted by Crippen LogP contribution is -2.29. The SMILES string of the molecule is Cc1ccc(C(=O)NCCCNC(=O)c2cc(-c3ccccc3)n[nH]2)o1. The van der Waals surface area contributed by atoms with E-state index in [1.54, 1.807) is 25.1 Å². The Balaban J connectivity index is 1.40. The number of rotatable bonds is 7. The molecule has 2 amide bonds. The fraction of sp³-hybridized carbons (Fsp3) is 0.211. The molecule has 3 rings (SSSR count). The van der Waals surface area contributed by atoms with E-state index in [0.29, 0.717) is 31.0 Å². The van der Waals surface area contributed by atoms with Gasteiger partial charge in [-0.3, -0.25) is 14.7 Å². The third kappa shape index (κ3) is 4.38. The molecular weight excluding hydrogens is 332 g/mol. The molecule has 3 aromatic rings. The first kappa shape index (κ1) is 17.5. The zero-order valence-electron chi connectivity index (χ0n) is 14.4. The lowest BCUT2D eigenvalue weighted by molar-refractivity contribution is 0.0924. The van der Waals surface area contributed by atoms with Crippen molar-refractivity contribution in [3.63, 3.8) is 0 Å². The summed E-state index contributed by atoms with van der Waals surface area (Å²) in [4.78, 5) is 23.9. The number of nitrogens with zero attached hydrogens (tertiary/aromatic N) is 1. The summed E-state index contributed by atoms with van der Waals surface area (Å²) < 4.78 is 5.24. The number of aromatic amines is 1. The van der Waals surface area contributed by atoms with Crippen molar-refractivity contribution in [2.45, 2.75) is 13.3 Å². The van der Waals surface area contributed by atoms with Gasteiger partial charge < -0.3 is 15.1 Å². The van der Waals surface area contributed by atoms with Crippen LogP contribution in [0.5, 0.6) is 0 Å². The zero-order chi connectivity index (χ0) is 18.4. The van der Waals surface area contributed by atoms with E-state index in [0.717, 1.165) is 11.3 Å². The molecule has 134 valence electrons. The minimum absolute atomic E-state index is 0.229. The Kier molecular flexibility index (Phi) is 5.48. The molecule has 0 aliphatic heterocycles. The van der Waals surface area contributed by atoms with Crippen LogP contribution in [0.25, 0.3) is 11.3 Å². The van der Waals surface area contributed by atoms with Crippen molar-refractivity contribution in [1.29, 1.82) is 0 Å². The summed E-state index contributed by atoms with van der Waals surface area (Å²) in [5.74, 6) is 0.493. The van der Waals surface area contributed by atoms with E-state index >= 15 is 0 Å². The molecule has 0 bridgehead atoms. The van der Waals surface area contributed by atoms with E-state index in [1.165, 1.54) is 0 Å². The summed E-state index contributed by atoms with van der Waals surface area (Å²) in [6.45, 7) is 2.66. The number of H-pyrrole nitrogens is 1. The van der Waals surface area contributed by atoms with Gasteiger partial charge in [0.25, 0.3) is 11.8 Å². The van der Waals surface area contributed by atoms with Crippen LogP contribution in [0.1, 0.15) is 33.2 Å². The molecule has 7 heteroatoms. The molecule has 0 atom stereocenters. The number of aryl methyl sites for hydroxylation is 1. The Morgan fingerprint density at radius 2 is 1.77 bits per heavy atom. The second-order valence-electron chi connectivity index (χ2n) is 5.81. The molecule has 1 aromatic carbocycles. The molecule has 0 aliphatic carbocycles. The van der Waals surface area contributed by atoms with E-state index in [2.05, 4.69) is 20.8 Å². The molecule has 0 radical (unpaired) electrons. The highest BCUT2D eigenvalue weighted by atomic mass is 16.3. The molecule has 0 spiro atoms. The van der Waals surface area contributed by atoms with Gasteiger partial charge in [-0.25, -0.2) is 0 Å². The smallest absolute Gasteiger partial charge is 0.286 e. The van der Waals surface area contributed by atoms with Crippen LogP contribution in [0.4, 0.5) is 0 Å². The van der Waals surface area contributed by atoms with Crippen LogP contribution in [0.2, 0.25) is 0 Å². The van der Waals surface area contributed by atoms with E-state index in [1.807, 2.05) is 30.3 Å². The van der Waals surface area contributed by atoms with Gasteiger partial charge >= 0.3 is 0 Å². The second kappa shape index (κ2) is 8.15. The minimum Gasteiger partial charge on any atom is -0.456 e. The van der Waals surface area contributed by atoms with Gasteiger partial charge in [0.2, 0.25) is 0 Å². The van der Waals surface area contributed by atoms with Crippen LogP contribution in [0, 0.1) is 6.92 Å². The molecule has 0 aliphatic rings. The van der Waals surface area contributed by atoms with Gasteiger partial charge in [-0.2, -0.15) is 5.10 Å². The van der Waals surface area contributed by atoms with Gasteiger partial charge in [-0.05, 0) is 31.5 Å². The van der Waals surface area contributed by atoms with Crippen LogP contribution < -0.4 is 10.6 Å². The summed E-state index contributed by atoms with van der Waals surface area (Å²) >= 11 is 0. The maximum absolute atomic E-state index is 12.1. The highest BCUT2D eigenvalue weighted by Crippen LogP contribution is 2.16. The Bertz CT molecular complexity index is 883. The summed E-state index contributed by atoms with van der Waals surface area (Å²) in [7, 11) is 0. The van der Waals surface area contributed by atoms with Crippen LogP contribution in [-0.4, -0.2) is 35.1 Å². The monoisotopic (exact) mass is 352 g/mol. The molecule has 7 nitrogen and oxygen atoms in total. The third-order valence-electron chi connectivity index (χ3n) is 3.78. The van der Waals surface area contributed by atoms with Crippen LogP contribution in [0.3, 0.4) is 0 Å². The topological polar surface area (TPSA) is 100 Å². The van der Waals surface area contributed by atoms with Gasteiger partial charge in [0.1, 0.15) is 11.5 Å². The zero-order valence-corrected chi connectivity index (χ0v) is 14.4. The lowest BCUT2D eigenvalue weighted by atomic mass is 10.1. The number of hydrogen-bond acceptors (Lipinski definition) is 4. The van der Waals surface area contributed by atoms with E-state index in [9.17, 15) is 9.59 Å². The van der Waals surface area contributed by atoms with Crippen molar-refractivity contribution in [1.82, 2.24) is 20.8 Å². The number of aromatic nitrogens is 2. The molecule has 0 unspecified atom stereocenters. The number of amides is 2. The predicted octanol–water partition coefficient (Wildman–Crippen LogP) is 2.53. The third-order valence-corrected chi connectivity index (χ3v) is 3.78. The first-order valence-corrected chi connectivity index (χ1v) is 8.37. The van der Waals surface area contributed by atoms with Crippen molar-refractivity contribution in [3.05, 3.63) is 65.7 Å². The Labute approximate surface area is 150 Å². The van der Waals surface area contributed by atoms with Gasteiger partial charge in [-0.1, -0.05) is 30.3 Å². The maximum atomic E-state index is 12.1. The molecule has 0 fully saturated rings. The molecule has 2 heterocycles. The number of benzene rings is 1. The van der Waals surface area contributed by atoms with E-state index in [4.69, 9.17) is 4.42 Å². The fourth-order valence-corrected chi connectivity index (χ4v) is 2.43. The van der Waals surface area contributed by atoms with Gasteiger partial charge in [0.05, 0.1) is 5.69 Å². The number of nitrogens with one attached hydrogen (secondary N) is 3. The lowest BCUT2D eigenvalue weighted by Gasteiger charge is -2.05. The van der Waals surface area contributed by atoms with Crippen LogP contribution in [0.15, 0.2) is 52.9 Å². The van der Waals surface area contributed by atoms with Crippen molar-refractivity contribution >= 4 is 11.8 Å². The van der Waals surface area contributed by atoms with E-state index in [-0.39, 0.29) is 17.6 Å². The first-order chi connectivity index (χ1) is 12.6. The van der Waals surface area contributed by atoms with Crippen molar-refractivity contribution in [2.75, 3.05) is 13.1 Å². The van der Waals surface area contributed by atoms with Crippen LogP contribution >= 0.6 is 0 Å². The molecule has 26 heavy (non-hydrogen) atoms. The van der Waals surface area contributed by atoms with Gasteiger partial charge in [0, 0.05) is 18.7 Å². The number of carbonyl (C=O) groups is 2. The Morgan fingerprint density at radius 3 is 2.46 bits per heavy atom. The number of furan rings is 1. The Morgan fingerprint density at radius 1 is 1.04 bits per heavy atom. The highest BCUT2D eigenvalue weighted by molar-refractivity contribution is 5.93. The quantitative estimate of drug-likeness (QED) is 0.569. The van der Waals surface area contributed by atoms with Crippen molar-refractivity contribution < 1.29 is 14.0 Å². The molecule has 2 aromatic heterocycles. The molecule has 0 saturated carbocycles. The highest BCUT2D eigenvalue weighted by Gasteiger charge is 2.11. The van der Waals surface area contributed by atoms with Crippen molar-refractivity contribution in [3.8, 4) is 11.3 Å². The van der Waals surface area contributed by atoms with Gasteiger partial charge in [-0.15, -0.1) is 0 Å². The standard InChI is InChI=1S/C19H20N4O3/c1-13-8-9-17(26-13)19(25)21-11-5-10-20-18(24)16-12-15(22-23-16)14-6-3-2-4-7-14/h2-4,6-9,12H,5,10-11H2,1H3,(H,20,24)(H,21,25)(H,22,23). The minimum atomic E-state index is -0.259. The fourth-order valence-electron chi connectivity index (χ4n) is 2.43. The molecule has 3 N–H and O–H groups in total. The molecular formula is C19H20N4O3. The number of carbonyl (C=O) groups excluding carboxylic acids is 2. The first-order valence-electron chi connectivity index (χ1n) is 8.37. The van der Waals surface area contributed by atoms with E-state index < -0.39 is 0 Å². The summed E-state index contributed by atoms with van der Waals surface area (Å²) in [6, 6.07) is 14.7. The van der Waals surface area contributed by atoms with Crippen LogP contribution in [-0.2, 0) is 0 Å². The Hall–Kier alpha value is -3.35. The molecule has 0 saturated heterocycles. The normalized spacial score (nSPS) is 10.5. The summed E-state index contributed by atoms with van der Waals surface area (Å²) in [6.07, 6.45) is 0.608. The summed E-state index contributed by atoms with van der Waals surface area (Å²) in [5, 5.41) is 12.4. The predicted molar refractivity (Wildman–Crippen MR) is 96.8 cm³/mol. The largest absolute Gasteiger partial charge is 0.456 e. The van der Waals surface area contributed by atoms with Crippen molar-refractivity contribution in [2.24, 2.45) is 0 Å². The average Bonchev–Trinajstić information content (AvgIpc) is 3.31.